The number of hydrogen-bond acceptors (Lipinski definition) is 4. The van der Waals surface area contributed by atoms with Crippen LogP contribution in [0.2, 0.25) is 0 Å². The van der Waals surface area contributed by atoms with E-state index in [1.165, 1.54) is 12.1 Å². The number of hydrogen-bond donors (Lipinski definition) is 2. The zero-order valence-corrected chi connectivity index (χ0v) is 14.5. The third kappa shape index (κ3) is 5.99. The van der Waals surface area contributed by atoms with Gasteiger partial charge in [0.2, 0.25) is 5.91 Å². The van der Waals surface area contributed by atoms with E-state index in [1.807, 2.05) is 18.2 Å². The van der Waals surface area contributed by atoms with Crippen molar-refractivity contribution >= 4 is 11.6 Å². The molecule has 6 heteroatoms. The second-order valence-corrected chi connectivity index (χ2v) is 5.47. The van der Waals surface area contributed by atoms with Crippen LogP contribution >= 0.6 is 0 Å². The number of anilines is 1. The van der Waals surface area contributed by atoms with Crippen LogP contribution < -0.4 is 20.1 Å². The molecule has 2 aromatic rings. The molecule has 0 atom stereocenters. The first kappa shape index (κ1) is 18.6. The highest BCUT2D eigenvalue weighted by molar-refractivity contribution is 5.76. The van der Waals surface area contributed by atoms with E-state index in [0.717, 1.165) is 11.3 Å². The van der Waals surface area contributed by atoms with Gasteiger partial charge in [-0.2, -0.15) is 0 Å². The molecule has 2 N–H and O–H groups in total. The quantitative estimate of drug-likeness (QED) is 0.733. The number of methoxy groups -OCH3 is 2. The average molecular weight is 346 g/mol. The van der Waals surface area contributed by atoms with Gasteiger partial charge in [0.1, 0.15) is 17.3 Å². The zero-order chi connectivity index (χ0) is 18.1. The molecule has 0 saturated heterocycles. The SMILES string of the molecule is COc1ccc(OC)c(NCCC(=O)NCCc2ccc(F)cc2)c1. The maximum absolute atomic E-state index is 12.8. The lowest BCUT2D eigenvalue weighted by Gasteiger charge is -2.12. The minimum atomic E-state index is -0.258. The van der Waals surface area contributed by atoms with Crippen molar-refractivity contribution in [1.82, 2.24) is 5.32 Å². The number of amides is 1. The van der Waals surface area contributed by atoms with E-state index < -0.39 is 0 Å². The molecule has 0 spiro atoms. The highest BCUT2D eigenvalue weighted by Crippen LogP contribution is 2.28. The van der Waals surface area contributed by atoms with Gasteiger partial charge in [0.15, 0.2) is 0 Å². The van der Waals surface area contributed by atoms with Crippen LogP contribution in [0.1, 0.15) is 12.0 Å². The average Bonchev–Trinajstić information content (AvgIpc) is 2.63. The summed E-state index contributed by atoms with van der Waals surface area (Å²) < 4.78 is 23.3. The summed E-state index contributed by atoms with van der Waals surface area (Å²) in [6.45, 7) is 0.999. The molecular weight excluding hydrogens is 323 g/mol. The molecule has 0 fully saturated rings. The van der Waals surface area contributed by atoms with Crippen molar-refractivity contribution in [3.8, 4) is 11.5 Å². The monoisotopic (exact) mass is 346 g/mol. The molecule has 0 aliphatic rings. The Morgan fingerprint density at radius 1 is 1.04 bits per heavy atom. The number of halogens is 1. The molecule has 0 saturated carbocycles. The van der Waals surface area contributed by atoms with Crippen molar-refractivity contribution in [3.63, 3.8) is 0 Å². The van der Waals surface area contributed by atoms with Gasteiger partial charge < -0.3 is 20.1 Å². The molecule has 1 amide bonds. The first-order valence-electron chi connectivity index (χ1n) is 8.09. The Morgan fingerprint density at radius 3 is 2.48 bits per heavy atom. The molecule has 25 heavy (non-hydrogen) atoms. The van der Waals surface area contributed by atoms with Crippen LogP contribution in [0.15, 0.2) is 42.5 Å². The van der Waals surface area contributed by atoms with Crippen LogP contribution in [-0.4, -0.2) is 33.2 Å². The van der Waals surface area contributed by atoms with E-state index in [4.69, 9.17) is 9.47 Å². The Balaban J connectivity index is 1.72. The lowest BCUT2D eigenvalue weighted by atomic mass is 10.1. The predicted molar refractivity (Wildman–Crippen MR) is 95.8 cm³/mol. The normalized spacial score (nSPS) is 10.2. The van der Waals surface area contributed by atoms with E-state index in [0.29, 0.717) is 37.4 Å². The molecule has 0 bridgehead atoms. The van der Waals surface area contributed by atoms with Crippen LogP contribution in [0.3, 0.4) is 0 Å². The lowest BCUT2D eigenvalue weighted by molar-refractivity contribution is -0.120. The third-order valence-electron chi connectivity index (χ3n) is 3.72. The Kier molecular flexibility index (Phi) is 7.07. The maximum Gasteiger partial charge on any atom is 0.221 e. The Morgan fingerprint density at radius 2 is 1.80 bits per heavy atom. The molecule has 2 aromatic carbocycles. The largest absolute Gasteiger partial charge is 0.497 e. The van der Waals surface area contributed by atoms with Gasteiger partial charge in [0.05, 0.1) is 19.9 Å². The summed E-state index contributed by atoms with van der Waals surface area (Å²) in [4.78, 5) is 11.9. The van der Waals surface area contributed by atoms with Crippen molar-refractivity contribution in [2.45, 2.75) is 12.8 Å². The molecular formula is C19H23FN2O3. The van der Waals surface area contributed by atoms with Gasteiger partial charge in [-0.1, -0.05) is 12.1 Å². The van der Waals surface area contributed by atoms with Crippen LogP contribution in [-0.2, 0) is 11.2 Å². The second kappa shape index (κ2) is 9.52. The summed E-state index contributed by atoms with van der Waals surface area (Å²) in [5.41, 5.74) is 1.77. The van der Waals surface area contributed by atoms with E-state index in [9.17, 15) is 9.18 Å². The Bertz CT molecular complexity index is 690. The Labute approximate surface area is 147 Å². The molecule has 0 aliphatic heterocycles. The molecule has 0 aliphatic carbocycles. The molecule has 0 radical (unpaired) electrons. The number of carbonyl (C=O) groups excluding carboxylic acids is 1. The second-order valence-electron chi connectivity index (χ2n) is 5.47. The topological polar surface area (TPSA) is 59.6 Å². The first-order valence-corrected chi connectivity index (χ1v) is 8.09. The van der Waals surface area contributed by atoms with Crippen LogP contribution in [0, 0.1) is 5.82 Å². The predicted octanol–water partition coefficient (Wildman–Crippen LogP) is 3.00. The van der Waals surface area contributed by atoms with Crippen LogP contribution in [0.5, 0.6) is 11.5 Å². The number of rotatable bonds is 9. The minimum absolute atomic E-state index is 0.0449. The highest BCUT2D eigenvalue weighted by atomic mass is 19.1. The van der Waals surface area contributed by atoms with Crippen molar-refractivity contribution in [2.75, 3.05) is 32.6 Å². The van der Waals surface area contributed by atoms with Crippen LogP contribution in [0.4, 0.5) is 10.1 Å². The molecule has 5 nitrogen and oxygen atoms in total. The third-order valence-corrected chi connectivity index (χ3v) is 3.72. The van der Waals surface area contributed by atoms with Gasteiger partial charge in [0, 0.05) is 25.6 Å². The van der Waals surface area contributed by atoms with E-state index in [1.54, 1.807) is 26.4 Å². The summed E-state index contributed by atoms with van der Waals surface area (Å²) in [5.74, 6) is 1.10. The minimum Gasteiger partial charge on any atom is -0.497 e. The summed E-state index contributed by atoms with van der Waals surface area (Å²) in [6, 6.07) is 11.7. The van der Waals surface area contributed by atoms with E-state index in [2.05, 4.69) is 10.6 Å². The van der Waals surface area contributed by atoms with Crippen molar-refractivity contribution < 1.29 is 18.7 Å². The summed E-state index contributed by atoms with van der Waals surface area (Å²) >= 11 is 0. The number of benzene rings is 2. The van der Waals surface area contributed by atoms with Gasteiger partial charge >= 0.3 is 0 Å². The molecule has 2 rings (SSSR count). The first-order chi connectivity index (χ1) is 12.1. The van der Waals surface area contributed by atoms with Crippen molar-refractivity contribution in [1.29, 1.82) is 0 Å². The summed E-state index contributed by atoms with van der Waals surface area (Å²) in [6.07, 6.45) is 1.01. The van der Waals surface area contributed by atoms with Gasteiger partial charge in [-0.05, 0) is 36.2 Å². The van der Waals surface area contributed by atoms with Crippen LogP contribution in [0.25, 0.3) is 0 Å². The van der Waals surface area contributed by atoms with Crippen molar-refractivity contribution in [2.24, 2.45) is 0 Å². The summed E-state index contributed by atoms with van der Waals surface area (Å²) in [7, 11) is 3.19. The maximum atomic E-state index is 12.8. The fourth-order valence-corrected chi connectivity index (χ4v) is 2.35. The summed E-state index contributed by atoms with van der Waals surface area (Å²) in [5, 5.41) is 6.03. The molecule has 134 valence electrons. The fraction of sp³-hybridized carbons (Fsp3) is 0.316. The molecule has 0 aromatic heterocycles. The number of carbonyl (C=O) groups is 1. The Hall–Kier alpha value is -2.76. The standard InChI is InChI=1S/C19H23FN2O3/c1-24-16-7-8-18(25-2)17(13-16)21-12-10-19(23)22-11-9-14-3-5-15(20)6-4-14/h3-8,13,21H,9-12H2,1-2H3,(H,22,23). The van der Waals surface area contributed by atoms with Gasteiger partial charge in [-0.15, -0.1) is 0 Å². The number of nitrogens with one attached hydrogen (secondary N) is 2. The smallest absolute Gasteiger partial charge is 0.221 e. The van der Waals surface area contributed by atoms with Gasteiger partial charge in [-0.3, -0.25) is 4.79 Å². The van der Waals surface area contributed by atoms with E-state index in [-0.39, 0.29) is 11.7 Å². The lowest BCUT2D eigenvalue weighted by Crippen LogP contribution is -2.27. The van der Waals surface area contributed by atoms with Gasteiger partial charge in [-0.25, -0.2) is 4.39 Å². The zero-order valence-electron chi connectivity index (χ0n) is 14.5. The van der Waals surface area contributed by atoms with Gasteiger partial charge in [0.25, 0.3) is 0 Å². The van der Waals surface area contributed by atoms with Crippen molar-refractivity contribution in [3.05, 3.63) is 53.8 Å². The fourth-order valence-electron chi connectivity index (χ4n) is 2.35. The highest BCUT2D eigenvalue weighted by Gasteiger charge is 2.06. The number of ether oxygens (including phenoxy) is 2. The molecule has 0 heterocycles. The van der Waals surface area contributed by atoms with E-state index >= 15 is 0 Å². The molecule has 0 unspecified atom stereocenters.